The van der Waals surface area contributed by atoms with E-state index in [0.717, 1.165) is 23.3 Å². The summed E-state index contributed by atoms with van der Waals surface area (Å²) in [6, 6.07) is 23.0. The largest absolute Gasteiger partial charge is 0.489 e. The molecule has 4 rings (SSSR count). The first-order chi connectivity index (χ1) is 16.0. The Morgan fingerprint density at radius 1 is 1.03 bits per heavy atom. The third-order valence-corrected chi connectivity index (χ3v) is 5.97. The molecule has 0 aliphatic rings. The second-order valence-corrected chi connectivity index (χ2v) is 8.88. The van der Waals surface area contributed by atoms with Gasteiger partial charge in [0.05, 0.1) is 11.0 Å². The van der Waals surface area contributed by atoms with Crippen LogP contribution in [-0.2, 0) is 19.6 Å². The van der Waals surface area contributed by atoms with E-state index in [0.29, 0.717) is 34.0 Å². The number of nitrogens with one attached hydrogen (secondary N) is 1. The lowest BCUT2D eigenvalue weighted by molar-refractivity contribution is 0.102. The molecular formula is C26H23BrClN3O2. The number of anilines is 1. The molecule has 0 fully saturated rings. The van der Waals surface area contributed by atoms with Crippen LogP contribution in [0, 0.1) is 0 Å². The number of carbonyl (C=O) groups excluding carboxylic acids is 1. The smallest absolute Gasteiger partial charge is 0.256 e. The van der Waals surface area contributed by atoms with Gasteiger partial charge < -0.3 is 10.1 Å². The Hall–Kier alpha value is -3.09. The number of benzene rings is 3. The highest BCUT2D eigenvalue weighted by Crippen LogP contribution is 2.22. The molecule has 0 saturated heterocycles. The number of ether oxygens (including phenoxy) is 1. The summed E-state index contributed by atoms with van der Waals surface area (Å²) in [5.74, 6) is 1.03. The van der Waals surface area contributed by atoms with Crippen LogP contribution in [0.3, 0.4) is 0 Å². The Bertz CT molecular complexity index is 1240. The van der Waals surface area contributed by atoms with Crippen molar-refractivity contribution >= 4 is 39.3 Å². The molecule has 0 aliphatic heterocycles. The van der Waals surface area contributed by atoms with Crippen LogP contribution in [0.15, 0.2) is 83.5 Å². The molecule has 5 nitrogen and oxygen atoms in total. The van der Waals surface area contributed by atoms with E-state index in [2.05, 4.69) is 45.4 Å². The van der Waals surface area contributed by atoms with E-state index in [9.17, 15) is 4.79 Å². The van der Waals surface area contributed by atoms with Crippen LogP contribution >= 0.6 is 27.5 Å². The summed E-state index contributed by atoms with van der Waals surface area (Å²) in [4.78, 5) is 12.8. The molecule has 0 saturated carbocycles. The summed E-state index contributed by atoms with van der Waals surface area (Å²) in [5.41, 5.74) is 3.78. The first-order valence-corrected chi connectivity index (χ1v) is 11.8. The fraction of sp³-hybridized carbons (Fsp3) is 0.154. The average Bonchev–Trinajstić information content (AvgIpc) is 3.18. The third kappa shape index (κ3) is 6.24. The number of carbonyl (C=O) groups is 1. The Balaban J connectivity index is 1.39. The number of hydrogen-bond donors (Lipinski definition) is 1. The van der Waals surface area contributed by atoms with Crippen LogP contribution in [0.4, 0.5) is 5.82 Å². The third-order valence-electron chi connectivity index (χ3n) is 5.13. The number of hydrogen-bond acceptors (Lipinski definition) is 3. The van der Waals surface area contributed by atoms with Crippen molar-refractivity contribution in [3.8, 4) is 5.75 Å². The Kier molecular flexibility index (Phi) is 7.47. The van der Waals surface area contributed by atoms with Gasteiger partial charge in [-0.2, -0.15) is 5.10 Å². The Morgan fingerprint density at radius 3 is 2.48 bits per heavy atom. The average molecular weight is 525 g/mol. The van der Waals surface area contributed by atoms with Gasteiger partial charge in [0, 0.05) is 16.8 Å². The molecule has 1 heterocycles. The molecule has 33 heavy (non-hydrogen) atoms. The summed E-state index contributed by atoms with van der Waals surface area (Å²) in [5, 5.41) is 8.05. The highest BCUT2D eigenvalue weighted by Gasteiger charge is 2.13. The van der Waals surface area contributed by atoms with Crippen LogP contribution in [0.25, 0.3) is 0 Å². The molecule has 0 atom stereocenters. The Labute approximate surface area is 206 Å². The van der Waals surface area contributed by atoms with Crippen molar-refractivity contribution in [1.82, 2.24) is 9.78 Å². The molecule has 1 amide bonds. The summed E-state index contributed by atoms with van der Waals surface area (Å²) < 4.78 is 8.34. The predicted octanol–water partition coefficient (Wildman–Crippen LogP) is 6.74. The quantitative estimate of drug-likeness (QED) is 0.278. The molecule has 168 valence electrons. The molecule has 0 radical (unpaired) electrons. The maximum absolute atomic E-state index is 12.8. The zero-order chi connectivity index (χ0) is 23.2. The van der Waals surface area contributed by atoms with Crippen molar-refractivity contribution in [2.75, 3.05) is 5.32 Å². The van der Waals surface area contributed by atoms with E-state index in [1.807, 2.05) is 60.8 Å². The maximum Gasteiger partial charge on any atom is 0.256 e. The van der Waals surface area contributed by atoms with E-state index in [4.69, 9.17) is 16.3 Å². The highest BCUT2D eigenvalue weighted by atomic mass is 79.9. The van der Waals surface area contributed by atoms with Crippen LogP contribution in [0.1, 0.15) is 34.0 Å². The topological polar surface area (TPSA) is 56.1 Å². The van der Waals surface area contributed by atoms with Gasteiger partial charge in [-0.1, -0.05) is 54.9 Å². The standard InChI is InChI=1S/C26H23BrClN3O2/c1-2-18-8-12-23(13-9-18)33-17-20-4-3-5-21(14-20)26(32)29-25-24(27)16-31(30-25)15-19-6-10-22(28)11-7-19/h3-14,16H,2,15,17H2,1H3,(H,29,30,32). The van der Waals surface area contributed by atoms with Gasteiger partial charge >= 0.3 is 0 Å². The van der Waals surface area contributed by atoms with Gasteiger partial charge in [-0.25, -0.2) is 0 Å². The van der Waals surface area contributed by atoms with Crippen LogP contribution < -0.4 is 10.1 Å². The van der Waals surface area contributed by atoms with Crippen LogP contribution in [0.5, 0.6) is 5.75 Å². The van der Waals surface area contributed by atoms with Crippen molar-refractivity contribution in [1.29, 1.82) is 0 Å². The zero-order valence-corrected chi connectivity index (χ0v) is 20.4. The maximum atomic E-state index is 12.8. The molecule has 0 bridgehead atoms. The SMILES string of the molecule is CCc1ccc(OCc2cccc(C(=O)Nc3nn(Cc4ccc(Cl)cc4)cc3Br)c2)cc1. The molecular weight excluding hydrogens is 502 g/mol. The number of nitrogens with zero attached hydrogens (tertiary/aromatic N) is 2. The lowest BCUT2D eigenvalue weighted by Gasteiger charge is -2.09. The van der Waals surface area contributed by atoms with E-state index in [1.54, 1.807) is 10.7 Å². The molecule has 7 heteroatoms. The number of aromatic nitrogens is 2. The molecule has 1 N–H and O–H groups in total. The number of rotatable bonds is 8. The molecule has 0 unspecified atom stereocenters. The minimum Gasteiger partial charge on any atom is -0.489 e. The highest BCUT2D eigenvalue weighted by molar-refractivity contribution is 9.10. The van der Waals surface area contributed by atoms with Gasteiger partial charge in [-0.15, -0.1) is 0 Å². The monoisotopic (exact) mass is 523 g/mol. The molecule has 0 aliphatic carbocycles. The van der Waals surface area contributed by atoms with Crippen LogP contribution in [-0.4, -0.2) is 15.7 Å². The van der Waals surface area contributed by atoms with Crippen molar-refractivity contribution < 1.29 is 9.53 Å². The van der Waals surface area contributed by atoms with Gasteiger partial charge in [-0.3, -0.25) is 9.48 Å². The summed E-state index contributed by atoms with van der Waals surface area (Å²) >= 11 is 9.43. The van der Waals surface area contributed by atoms with Gasteiger partial charge in [0.15, 0.2) is 5.82 Å². The van der Waals surface area contributed by atoms with Gasteiger partial charge in [-0.05, 0) is 75.4 Å². The van der Waals surface area contributed by atoms with Crippen molar-refractivity contribution in [3.63, 3.8) is 0 Å². The lowest BCUT2D eigenvalue weighted by Crippen LogP contribution is -2.13. The number of halogens is 2. The summed E-state index contributed by atoms with van der Waals surface area (Å²) in [6.07, 6.45) is 2.82. The zero-order valence-electron chi connectivity index (χ0n) is 18.1. The first kappa shape index (κ1) is 23.1. The fourth-order valence-electron chi connectivity index (χ4n) is 3.31. The number of amides is 1. The molecule has 1 aromatic heterocycles. The normalized spacial score (nSPS) is 10.8. The first-order valence-electron chi connectivity index (χ1n) is 10.6. The van der Waals surface area contributed by atoms with Crippen molar-refractivity contribution in [2.24, 2.45) is 0 Å². The minimum absolute atomic E-state index is 0.235. The molecule has 0 spiro atoms. The second-order valence-electron chi connectivity index (χ2n) is 7.59. The van der Waals surface area contributed by atoms with E-state index in [-0.39, 0.29) is 5.91 Å². The van der Waals surface area contributed by atoms with E-state index in [1.165, 1.54) is 5.56 Å². The van der Waals surface area contributed by atoms with Gasteiger partial charge in [0.1, 0.15) is 12.4 Å². The lowest BCUT2D eigenvalue weighted by atomic mass is 10.1. The van der Waals surface area contributed by atoms with Crippen molar-refractivity contribution in [3.05, 3.63) is 111 Å². The summed E-state index contributed by atoms with van der Waals surface area (Å²) in [7, 11) is 0. The number of aryl methyl sites for hydroxylation is 1. The van der Waals surface area contributed by atoms with Crippen LogP contribution in [0.2, 0.25) is 5.02 Å². The molecule has 3 aromatic carbocycles. The molecule has 4 aromatic rings. The predicted molar refractivity (Wildman–Crippen MR) is 135 cm³/mol. The van der Waals surface area contributed by atoms with Gasteiger partial charge in [0.2, 0.25) is 0 Å². The van der Waals surface area contributed by atoms with E-state index < -0.39 is 0 Å². The van der Waals surface area contributed by atoms with Gasteiger partial charge in [0.25, 0.3) is 5.91 Å². The summed E-state index contributed by atoms with van der Waals surface area (Å²) in [6.45, 7) is 3.07. The second kappa shape index (κ2) is 10.7. The minimum atomic E-state index is -0.235. The van der Waals surface area contributed by atoms with E-state index >= 15 is 0 Å². The van der Waals surface area contributed by atoms with Crippen molar-refractivity contribution in [2.45, 2.75) is 26.5 Å². The fourth-order valence-corrected chi connectivity index (χ4v) is 3.85. The Morgan fingerprint density at radius 2 is 1.76 bits per heavy atom.